The van der Waals surface area contributed by atoms with E-state index in [1.54, 1.807) is 19.3 Å². The van der Waals surface area contributed by atoms with Crippen LogP contribution in [0.2, 0.25) is 5.02 Å². The molecule has 24 heavy (non-hydrogen) atoms. The van der Waals surface area contributed by atoms with Crippen LogP contribution in [0.25, 0.3) is 0 Å². The van der Waals surface area contributed by atoms with Crippen molar-refractivity contribution in [3.05, 3.63) is 63.6 Å². The van der Waals surface area contributed by atoms with Crippen molar-refractivity contribution >= 4 is 39.1 Å². The average molecular weight is 409 g/mol. The Morgan fingerprint density at radius 1 is 1.33 bits per heavy atom. The van der Waals surface area contributed by atoms with Crippen molar-refractivity contribution < 1.29 is 4.79 Å². The maximum Gasteiger partial charge on any atom is 0.246 e. The van der Waals surface area contributed by atoms with Crippen LogP contribution >= 0.6 is 27.5 Å². The molecule has 3 rings (SSSR count). The van der Waals surface area contributed by atoms with Crippen molar-refractivity contribution in [1.82, 2.24) is 19.6 Å². The molecule has 3 aromatic rings. The SMILES string of the molecule is Cc1nn(CC(=O)Nc2cccc(Cn3cc(Br)cn3)c2)cc1Cl. The van der Waals surface area contributed by atoms with E-state index >= 15 is 0 Å². The van der Waals surface area contributed by atoms with Crippen molar-refractivity contribution in [1.29, 1.82) is 0 Å². The predicted molar refractivity (Wildman–Crippen MR) is 96.1 cm³/mol. The first-order chi connectivity index (χ1) is 11.5. The predicted octanol–water partition coefficient (Wildman–Crippen LogP) is 3.49. The third-order valence-corrected chi connectivity index (χ3v) is 4.13. The first-order valence-corrected chi connectivity index (χ1v) is 8.43. The Labute approximate surface area is 152 Å². The Bertz CT molecular complexity index is 853. The number of carbonyl (C=O) groups excluding carboxylic acids is 1. The second kappa shape index (κ2) is 7.19. The Hall–Kier alpha value is -2.12. The zero-order chi connectivity index (χ0) is 17.1. The van der Waals surface area contributed by atoms with Crippen LogP contribution in [0.5, 0.6) is 0 Å². The van der Waals surface area contributed by atoms with Gasteiger partial charge < -0.3 is 5.32 Å². The summed E-state index contributed by atoms with van der Waals surface area (Å²) >= 11 is 9.32. The second-order valence-electron chi connectivity index (χ2n) is 5.36. The molecule has 0 aliphatic heterocycles. The molecule has 2 heterocycles. The van der Waals surface area contributed by atoms with E-state index < -0.39 is 0 Å². The highest BCUT2D eigenvalue weighted by molar-refractivity contribution is 9.10. The van der Waals surface area contributed by atoms with Crippen molar-refractivity contribution in [2.24, 2.45) is 0 Å². The summed E-state index contributed by atoms with van der Waals surface area (Å²) < 4.78 is 4.28. The summed E-state index contributed by atoms with van der Waals surface area (Å²) in [6.07, 6.45) is 5.28. The Morgan fingerprint density at radius 2 is 2.17 bits per heavy atom. The number of halogens is 2. The number of aryl methyl sites for hydroxylation is 1. The number of carbonyl (C=O) groups is 1. The Balaban J connectivity index is 1.64. The number of nitrogens with one attached hydrogen (secondary N) is 1. The van der Waals surface area contributed by atoms with E-state index in [9.17, 15) is 4.79 Å². The van der Waals surface area contributed by atoms with Crippen molar-refractivity contribution in [3.63, 3.8) is 0 Å². The van der Waals surface area contributed by atoms with E-state index in [0.717, 1.165) is 15.7 Å². The fourth-order valence-electron chi connectivity index (χ4n) is 2.28. The van der Waals surface area contributed by atoms with Gasteiger partial charge in [-0.15, -0.1) is 0 Å². The van der Waals surface area contributed by atoms with Crippen molar-refractivity contribution in [2.45, 2.75) is 20.0 Å². The molecule has 0 unspecified atom stereocenters. The third-order valence-electron chi connectivity index (χ3n) is 3.35. The minimum absolute atomic E-state index is 0.115. The zero-order valence-electron chi connectivity index (χ0n) is 12.9. The molecule has 0 aliphatic rings. The van der Waals surface area contributed by atoms with Crippen LogP contribution in [0.1, 0.15) is 11.3 Å². The van der Waals surface area contributed by atoms with Gasteiger partial charge in [-0.3, -0.25) is 14.2 Å². The highest BCUT2D eigenvalue weighted by atomic mass is 79.9. The highest BCUT2D eigenvalue weighted by Crippen LogP contribution is 2.15. The van der Waals surface area contributed by atoms with E-state index in [0.29, 0.717) is 17.3 Å². The minimum Gasteiger partial charge on any atom is -0.324 e. The normalized spacial score (nSPS) is 10.8. The van der Waals surface area contributed by atoms with Gasteiger partial charge in [-0.2, -0.15) is 10.2 Å². The molecule has 0 aliphatic carbocycles. The van der Waals surface area contributed by atoms with Crippen LogP contribution < -0.4 is 5.32 Å². The molecule has 0 saturated carbocycles. The number of aromatic nitrogens is 4. The number of hydrogen-bond donors (Lipinski definition) is 1. The number of benzene rings is 1. The largest absolute Gasteiger partial charge is 0.324 e. The summed E-state index contributed by atoms with van der Waals surface area (Å²) in [5.41, 5.74) is 2.48. The molecule has 1 aromatic carbocycles. The minimum atomic E-state index is -0.159. The maximum atomic E-state index is 12.1. The summed E-state index contributed by atoms with van der Waals surface area (Å²) in [6, 6.07) is 7.66. The van der Waals surface area contributed by atoms with E-state index in [-0.39, 0.29) is 12.5 Å². The van der Waals surface area contributed by atoms with Gasteiger partial charge in [0.25, 0.3) is 0 Å². The van der Waals surface area contributed by atoms with Crippen LogP contribution in [0.4, 0.5) is 5.69 Å². The molecule has 0 spiro atoms. The lowest BCUT2D eigenvalue weighted by molar-refractivity contribution is -0.116. The lowest BCUT2D eigenvalue weighted by atomic mass is 10.2. The number of amides is 1. The number of anilines is 1. The molecule has 2 aromatic heterocycles. The molecule has 0 atom stereocenters. The molecule has 1 amide bonds. The Morgan fingerprint density at radius 3 is 2.83 bits per heavy atom. The third kappa shape index (κ3) is 4.24. The molecule has 0 fully saturated rings. The Kier molecular flexibility index (Phi) is 5.01. The van der Waals surface area contributed by atoms with Crippen molar-refractivity contribution in [3.8, 4) is 0 Å². The molecule has 8 heteroatoms. The van der Waals surface area contributed by atoms with Crippen LogP contribution in [-0.2, 0) is 17.9 Å². The first kappa shape index (κ1) is 16.7. The maximum absolute atomic E-state index is 12.1. The number of nitrogens with zero attached hydrogens (tertiary/aromatic N) is 4. The van der Waals surface area contributed by atoms with Gasteiger partial charge in [-0.1, -0.05) is 23.7 Å². The van der Waals surface area contributed by atoms with E-state index in [1.165, 1.54) is 4.68 Å². The highest BCUT2D eigenvalue weighted by Gasteiger charge is 2.08. The van der Waals surface area contributed by atoms with E-state index in [1.807, 2.05) is 35.1 Å². The molecular formula is C16H15BrClN5O. The van der Waals surface area contributed by atoms with Crippen LogP contribution in [0.15, 0.2) is 47.3 Å². The van der Waals surface area contributed by atoms with E-state index in [2.05, 4.69) is 31.4 Å². The summed E-state index contributed by atoms with van der Waals surface area (Å²) in [4.78, 5) is 12.1. The van der Waals surface area contributed by atoms with Gasteiger partial charge in [0.05, 0.1) is 27.9 Å². The van der Waals surface area contributed by atoms with Gasteiger partial charge in [0.2, 0.25) is 5.91 Å². The summed E-state index contributed by atoms with van der Waals surface area (Å²) in [5, 5.41) is 11.8. The van der Waals surface area contributed by atoms with Crippen molar-refractivity contribution in [2.75, 3.05) is 5.32 Å². The van der Waals surface area contributed by atoms with Gasteiger partial charge in [0.1, 0.15) is 6.54 Å². The monoisotopic (exact) mass is 407 g/mol. The quantitative estimate of drug-likeness (QED) is 0.703. The first-order valence-electron chi connectivity index (χ1n) is 7.26. The van der Waals surface area contributed by atoms with Crippen LogP contribution in [0.3, 0.4) is 0 Å². The van der Waals surface area contributed by atoms with Crippen LogP contribution in [-0.4, -0.2) is 25.5 Å². The smallest absolute Gasteiger partial charge is 0.246 e. The lowest BCUT2D eigenvalue weighted by Crippen LogP contribution is -2.19. The summed E-state index contributed by atoms with van der Waals surface area (Å²) in [7, 11) is 0. The number of rotatable bonds is 5. The molecule has 0 bridgehead atoms. The molecule has 1 N–H and O–H groups in total. The molecule has 124 valence electrons. The topological polar surface area (TPSA) is 64.7 Å². The van der Waals surface area contributed by atoms with E-state index in [4.69, 9.17) is 11.6 Å². The molecular weight excluding hydrogens is 394 g/mol. The van der Waals surface area contributed by atoms with Gasteiger partial charge in [-0.25, -0.2) is 0 Å². The fraction of sp³-hybridized carbons (Fsp3) is 0.188. The second-order valence-corrected chi connectivity index (χ2v) is 6.69. The molecule has 6 nitrogen and oxygen atoms in total. The van der Waals surface area contributed by atoms with Gasteiger partial charge in [-0.05, 0) is 40.5 Å². The van der Waals surface area contributed by atoms with Gasteiger partial charge in [0.15, 0.2) is 0 Å². The molecule has 0 saturated heterocycles. The van der Waals surface area contributed by atoms with Crippen LogP contribution in [0, 0.1) is 6.92 Å². The standard InChI is InChI=1S/C16H15BrClN5O/c1-11-15(18)9-23(21-11)10-16(24)20-14-4-2-3-12(5-14)7-22-8-13(17)6-19-22/h2-6,8-9H,7,10H2,1H3,(H,20,24). The van der Waals surface area contributed by atoms with Gasteiger partial charge in [0, 0.05) is 18.1 Å². The average Bonchev–Trinajstić information content (AvgIpc) is 3.05. The summed E-state index contributed by atoms with van der Waals surface area (Å²) in [5.74, 6) is -0.159. The zero-order valence-corrected chi connectivity index (χ0v) is 15.3. The number of hydrogen-bond acceptors (Lipinski definition) is 3. The fourth-order valence-corrected chi connectivity index (χ4v) is 2.76. The molecule has 0 radical (unpaired) electrons. The van der Waals surface area contributed by atoms with Gasteiger partial charge >= 0.3 is 0 Å². The summed E-state index contributed by atoms with van der Waals surface area (Å²) in [6.45, 7) is 2.54. The lowest BCUT2D eigenvalue weighted by Gasteiger charge is -2.08.